The molecule has 0 atom stereocenters. The first-order valence-corrected chi connectivity index (χ1v) is 6.23. The van der Waals surface area contributed by atoms with Crippen LogP contribution in [-0.2, 0) is 6.18 Å². The van der Waals surface area contributed by atoms with Crippen molar-refractivity contribution in [2.75, 3.05) is 0 Å². The number of nitrogens with one attached hydrogen (secondary N) is 1. The molecule has 22 heavy (non-hydrogen) atoms. The zero-order valence-corrected chi connectivity index (χ0v) is 11.3. The molecule has 0 heterocycles. The van der Waals surface area contributed by atoms with Gasteiger partial charge in [-0.3, -0.25) is 0 Å². The van der Waals surface area contributed by atoms with Crippen LogP contribution in [0.5, 0.6) is 0 Å². The van der Waals surface area contributed by atoms with Crippen molar-refractivity contribution in [3.63, 3.8) is 0 Å². The van der Waals surface area contributed by atoms with Gasteiger partial charge >= 0.3 is 12.2 Å². The number of carbonyl (C=O) groups is 1. The number of halogens is 3. The van der Waals surface area contributed by atoms with Gasteiger partial charge in [0.1, 0.15) is 0 Å². The minimum absolute atomic E-state index is 0.606. The van der Waals surface area contributed by atoms with Crippen LogP contribution in [0.2, 0.25) is 0 Å². The number of amides is 2. The van der Waals surface area contributed by atoms with Crippen LogP contribution in [0.3, 0.4) is 0 Å². The van der Waals surface area contributed by atoms with Gasteiger partial charge in [-0.25, -0.2) is 10.2 Å². The number of alkyl halides is 3. The van der Waals surface area contributed by atoms with Crippen LogP contribution >= 0.6 is 0 Å². The highest BCUT2D eigenvalue weighted by Gasteiger charge is 2.29. The Balaban J connectivity index is 2.33. The highest BCUT2D eigenvalue weighted by Crippen LogP contribution is 2.31. The number of hydrazone groups is 1. The second-order valence-electron chi connectivity index (χ2n) is 4.40. The standard InChI is InChI=1S/C15H12F3N3O/c16-15(17,18)12-7-5-10(6-8-12)13-4-2-1-3-11(13)9-20-21-14(19)22/h1-9H,(H3,19,21,22). The van der Waals surface area contributed by atoms with Crippen molar-refractivity contribution < 1.29 is 18.0 Å². The maximum Gasteiger partial charge on any atom is 0.416 e. The van der Waals surface area contributed by atoms with Gasteiger partial charge in [0, 0.05) is 5.56 Å². The Hall–Kier alpha value is -2.83. The number of benzene rings is 2. The average molecular weight is 307 g/mol. The maximum absolute atomic E-state index is 12.6. The van der Waals surface area contributed by atoms with E-state index < -0.39 is 17.8 Å². The van der Waals surface area contributed by atoms with E-state index in [9.17, 15) is 18.0 Å². The third-order valence-corrected chi connectivity index (χ3v) is 2.86. The highest BCUT2D eigenvalue weighted by atomic mass is 19.4. The van der Waals surface area contributed by atoms with Crippen molar-refractivity contribution in [3.8, 4) is 11.1 Å². The summed E-state index contributed by atoms with van der Waals surface area (Å²) in [5, 5.41) is 3.65. The second kappa shape index (κ2) is 6.30. The number of nitrogens with two attached hydrogens (primary N) is 1. The fourth-order valence-electron chi connectivity index (χ4n) is 1.88. The van der Waals surface area contributed by atoms with E-state index in [1.807, 2.05) is 0 Å². The first kappa shape index (κ1) is 15.6. The van der Waals surface area contributed by atoms with E-state index in [2.05, 4.69) is 10.5 Å². The predicted octanol–water partition coefficient (Wildman–Crippen LogP) is 3.37. The molecular formula is C15H12F3N3O. The smallest absolute Gasteiger partial charge is 0.350 e. The summed E-state index contributed by atoms with van der Waals surface area (Å²) in [6.45, 7) is 0. The molecule has 0 spiro atoms. The molecule has 0 aromatic heterocycles. The molecule has 0 fully saturated rings. The van der Waals surface area contributed by atoms with Crippen molar-refractivity contribution in [3.05, 3.63) is 59.7 Å². The SMILES string of the molecule is NC(=O)NN=Cc1ccccc1-c1ccc(C(F)(F)F)cc1. The maximum atomic E-state index is 12.6. The third kappa shape index (κ3) is 3.85. The fraction of sp³-hybridized carbons (Fsp3) is 0.0667. The zero-order chi connectivity index (χ0) is 16.2. The number of hydrogen-bond donors (Lipinski definition) is 2. The van der Waals surface area contributed by atoms with Crippen LogP contribution in [0.15, 0.2) is 53.6 Å². The zero-order valence-electron chi connectivity index (χ0n) is 11.3. The Kier molecular flexibility index (Phi) is 4.45. The molecule has 0 aliphatic carbocycles. The van der Waals surface area contributed by atoms with Gasteiger partial charge in [-0.05, 0) is 23.3 Å². The summed E-state index contributed by atoms with van der Waals surface area (Å²) < 4.78 is 37.7. The summed E-state index contributed by atoms with van der Waals surface area (Å²) in [5.74, 6) is 0. The van der Waals surface area contributed by atoms with Gasteiger partial charge in [0.05, 0.1) is 11.8 Å². The van der Waals surface area contributed by atoms with Crippen molar-refractivity contribution >= 4 is 12.2 Å². The highest BCUT2D eigenvalue weighted by molar-refractivity contribution is 5.90. The van der Waals surface area contributed by atoms with Gasteiger partial charge in [0.2, 0.25) is 0 Å². The van der Waals surface area contributed by atoms with E-state index in [0.29, 0.717) is 16.7 Å². The lowest BCUT2D eigenvalue weighted by molar-refractivity contribution is -0.137. The Morgan fingerprint density at radius 3 is 2.32 bits per heavy atom. The Morgan fingerprint density at radius 1 is 1.09 bits per heavy atom. The number of primary amides is 1. The van der Waals surface area contributed by atoms with Gasteiger partial charge < -0.3 is 5.73 Å². The number of urea groups is 1. The van der Waals surface area contributed by atoms with Gasteiger partial charge in [-0.2, -0.15) is 18.3 Å². The summed E-state index contributed by atoms with van der Waals surface area (Å²) in [6, 6.07) is 11.0. The fourth-order valence-corrected chi connectivity index (χ4v) is 1.88. The van der Waals surface area contributed by atoms with Crippen LogP contribution in [-0.4, -0.2) is 12.2 Å². The van der Waals surface area contributed by atoms with Crippen LogP contribution in [0, 0.1) is 0 Å². The lowest BCUT2D eigenvalue weighted by atomic mass is 9.99. The van der Waals surface area contributed by atoms with Crippen LogP contribution in [0.4, 0.5) is 18.0 Å². The molecule has 0 saturated carbocycles. The molecule has 0 saturated heterocycles. The Bertz CT molecular complexity index is 694. The quantitative estimate of drug-likeness (QED) is 0.662. The van der Waals surface area contributed by atoms with Gasteiger partial charge in [0.25, 0.3) is 0 Å². The molecule has 2 aromatic carbocycles. The molecule has 2 amide bonds. The second-order valence-corrected chi connectivity index (χ2v) is 4.40. The van der Waals surface area contributed by atoms with Crippen LogP contribution in [0.1, 0.15) is 11.1 Å². The molecule has 0 aliphatic heterocycles. The minimum Gasteiger partial charge on any atom is -0.350 e. The first-order chi connectivity index (χ1) is 10.4. The van der Waals surface area contributed by atoms with E-state index >= 15 is 0 Å². The molecule has 2 aromatic rings. The van der Waals surface area contributed by atoms with E-state index in [1.54, 1.807) is 24.3 Å². The molecular weight excluding hydrogens is 295 g/mol. The molecule has 4 nitrogen and oxygen atoms in total. The van der Waals surface area contributed by atoms with Gasteiger partial charge in [0.15, 0.2) is 0 Å². The lowest BCUT2D eigenvalue weighted by Gasteiger charge is -2.09. The topological polar surface area (TPSA) is 67.5 Å². The van der Waals surface area contributed by atoms with Gasteiger partial charge in [-0.15, -0.1) is 0 Å². The molecule has 0 aliphatic rings. The first-order valence-electron chi connectivity index (χ1n) is 6.23. The summed E-state index contributed by atoms with van der Waals surface area (Å²) in [4.78, 5) is 10.6. The Morgan fingerprint density at radius 2 is 1.73 bits per heavy atom. The molecule has 3 N–H and O–H groups in total. The molecule has 114 valence electrons. The normalized spacial score (nSPS) is 11.6. The molecule has 2 rings (SSSR count). The predicted molar refractivity (Wildman–Crippen MR) is 77.2 cm³/mol. The minimum atomic E-state index is -4.37. The van der Waals surface area contributed by atoms with Crippen molar-refractivity contribution in [2.24, 2.45) is 10.8 Å². The molecule has 0 bridgehead atoms. The largest absolute Gasteiger partial charge is 0.416 e. The number of carbonyl (C=O) groups excluding carboxylic acids is 1. The average Bonchev–Trinajstić information content (AvgIpc) is 2.47. The summed E-state index contributed by atoms with van der Waals surface area (Å²) in [5.41, 5.74) is 8.17. The summed E-state index contributed by atoms with van der Waals surface area (Å²) >= 11 is 0. The van der Waals surface area contributed by atoms with Crippen LogP contribution in [0.25, 0.3) is 11.1 Å². The van der Waals surface area contributed by atoms with E-state index in [1.165, 1.54) is 18.3 Å². The summed E-state index contributed by atoms with van der Waals surface area (Å²) in [7, 11) is 0. The Labute approximate surface area is 124 Å². The van der Waals surface area contributed by atoms with E-state index in [0.717, 1.165) is 12.1 Å². The molecule has 7 heteroatoms. The van der Waals surface area contributed by atoms with Gasteiger partial charge in [-0.1, -0.05) is 36.4 Å². The van der Waals surface area contributed by atoms with E-state index in [-0.39, 0.29) is 0 Å². The lowest BCUT2D eigenvalue weighted by Crippen LogP contribution is -2.24. The van der Waals surface area contributed by atoms with Crippen LogP contribution < -0.4 is 11.2 Å². The monoisotopic (exact) mass is 307 g/mol. The van der Waals surface area contributed by atoms with Crippen molar-refractivity contribution in [2.45, 2.75) is 6.18 Å². The van der Waals surface area contributed by atoms with Crippen molar-refractivity contribution in [1.29, 1.82) is 0 Å². The third-order valence-electron chi connectivity index (χ3n) is 2.86. The number of rotatable bonds is 3. The number of nitrogens with zero attached hydrogens (tertiary/aromatic N) is 1. The molecule has 0 radical (unpaired) electrons. The number of hydrogen-bond acceptors (Lipinski definition) is 2. The molecule has 0 unspecified atom stereocenters. The summed E-state index contributed by atoms with van der Waals surface area (Å²) in [6.07, 6.45) is -3.00. The van der Waals surface area contributed by atoms with E-state index in [4.69, 9.17) is 5.73 Å². The van der Waals surface area contributed by atoms with Crippen molar-refractivity contribution in [1.82, 2.24) is 5.43 Å².